The molecule has 0 saturated carbocycles. The molecule has 0 bridgehead atoms. The van der Waals surface area contributed by atoms with Gasteiger partial charge in [0, 0.05) is 17.9 Å². The molecule has 9 heteroatoms. The number of anilines is 1. The zero-order valence-electron chi connectivity index (χ0n) is 14.6. The Morgan fingerprint density at radius 3 is 2.46 bits per heavy atom. The van der Waals surface area contributed by atoms with Crippen LogP contribution in [0.4, 0.5) is 5.95 Å². The van der Waals surface area contributed by atoms with Gasteiger partial charge in [0.05, 0.1) is 4.90 Å². The Morgan fingerprint density at radius 1 is 1.15 bits per heavy atom. The first kappa shape index (κ1) is 18.3. The van der Waals surface area contributed by atoms with Gasteiger partial charge in [0.2, 0.25) is 16.0 Å². The summed E-state index contributed by atoms with van der Waals surface area (Å²) in [5.74, 6) is -0.156. The number of carbonyl (C=O) groups is 1. The van der Waals surface area contributed by atoms with E-state index >= 15 is 0 Å². The predicted octanol–water partition coefficient (Wildman–Crippen LogP) is 1.39. The number of benzene rings is 1. The number of aromatic nitrogens is 2. The van der Waals surface area contributed by atoms with Crippen LogP contribution in [0.15, 0.2) is 41.3 Å². The number of hydrazine groups is 1. The Labute approximate surface area is 152 Å². The molecule has 0 unspecified atom stereocenters. The molecule has 3 rings (SSSR count). The van der Waals surface area contributed by atoms with Crippen LogP contribution in [0, 0.1) is 13.8 Å². The largest absolute Gasteiger partial charge is 0.271 e. The van der Waals surface area contributed by atoms with Crippen molar-refractivity contribution in [2.45, 2.75) is 37.6 Å². The second-order valence-electron chi connectivity index (χ2n) is 6.18. The van der Waals surface area contributed by atoms with Crippen LogP contribution in [0.3, 0.4) is 0 Å². The molecule has 1 amide bonds. The predicted molar refractivity (Wildman–Crippen MR) is 96.6 cm³/mol. The summed E-state index contributed by atoms with van der Waals surface area (Å²) < 4.78 is 26.9. The van der Waals surface area contributed by atoms with Gasteiger partial charge in [-0.3, -0.25) is 15.6 Å². The molecule has 1 aliphatic rings. The molecule has 0 spiro atoms. The maximum absolute atomic E-state index is 12.8. The molecular weight excluding hydrogens is 354 g/mol. The fourth-order valence-corrected chi connectivity index (χ4v) is 4.68. The van der Waals surface area contributed by atoms with Gasteiger partial charge in [0.1, 0.15) is 6.04 Å². The summed E-state index contributed by atoms with van der Waals surface area (Å²) in [5, 5.41) is 0. The molecule has 1 saturated heterocycles. The van der Waals surface area contributed by atoms with Gasteiger partial charge in [-0.25, -0.2) is 18.4 Å². The molecular formula is C17H21N5O3S. The third kappa shape index (κ3) is 3.83. The van der Waals surface area contributed by atoms with Crippen molar-refractivity contribution in [1.29, 1.82) is 0 Å². The molecule has 138 valence electrons. The van der Waals surface area contributed by atoms with E-state index in [1.165, 1.54) is 16.4 Å². The minimum Gasteiger partial charge on any atom is -0.271 e. The number of nitrogens with zero attached hydrogens (tertiary/aromatic N) is 3. The molecule has 1 aromatic heterocycles. The van der Waals surface area contributed by atoms with Gasteiger partial charge in [-0.2, -0.15) is 4.31 Å². The number of sulfonamides is 1. The molecule has 2 aromatic rings. The fraction of sp³-hybridized carbons (Fsp3) is 0.353. The monoisotopic (exact) mass is 375 g/mol. The number of hydrogen-bond acceptors (Lipinski definition) is 6. The minimum atomic E-state index is -3.72. The van der Waals surface area contributed by atoms with Gasteiger partial charge in [0.15, 0.2) is 0 Å². The highest BCUT2D eigenvalue weighted by molar-refractivity contribution is 7.89. The van der Waals surface area contributed by atoms with Crippen molar-refractivity contribution in [2.24, 2.45) is 0 Å². The lowest BCUT2D eigenvalue weighted by atomic mass is 10.2. The van der Waals surface area contributed by atoms with Crippen molar-refractivity contribution in [3.05, 3.63) is 47.8 Å². The Kier molecular flexibility index (Phi) is 5.19. The Morgan fingerprint density at radius 2 is 1.81 bits per heavy atom. The number of rotatable bonds is 5. The second-order valence-corrected chi connectivity index (χ2v) is 8.07. The first-order valence-corrected chi connectivity index (χ1v) is 9.77. The Bertz CT molecular complexity index is 882. The topological polar surface area (TPSA) is 104 Å². The molecule has 2 heterocycles. The Hall–Kier alpha value is -2.52. The quantitative estimate of drug-likeness (QED) is 0.766. The number of nitrogens with one attached hydrogen (secondary N) is 2. The summed E-state index contributed by atoms with van der Waals surface area (Å²) in [5.41, 5.74) is 6.73. The number of hydrogen-bond donors (Lipinski definition) is 2. The van der Waals surface area contributed by atoms with E-state index in [0.717, 1.165) is 11.4 Å². The smallest absolute Gasteiger partial charge is 0.256 e. The van der Waals surface area contributed by atoms with E-state index in [9.17, 15) is 13.2 Å². The van der Waals surface area contributed by atoms with Gasteiger partial charge in [-0.15, -0.1) is 0 Å². The van der Waals surface area contributed by atoms with Crippen LogP contribution >= 0.6 is 0 Å². The zero-order chi connectivity index (χ0) is 18.7. The van der Waals surface area contributed by atoms with Crippen molar-refractivity contribution in [3.63, 3.8) is 0 Å². The lowest BCUT2D eigenvalue weighted by Gasteiger charge is -2.23. The normalized spacial score (nSPS) is 17.8. The highest BCUT2D eigenvalue weighted by atomic mass is 32.2. The molecule has 0 aliphatic carbocycles. The maximum atomic E-state index is 12.8. The fourth-order valence-electron chi connectivity index (χ4n) is 3.00. The van der Waals surface area contributed by atoms with E-state index in [0.29, 0.717) is 19.4 Å². The average molecular weight is 375 g/mol. The van der Waals surface area contributed by atoms with Crippen molar-refractivity contribution >= 4 is 21.9 Å². The van der Waals surface area contributed by atoms with Crippen LogP contribution < -0.4 is 10.9 Å². The summed E-state index contributed by atoms with van der Waals surface area (Å²) in [4.78, 5) is 21.1. The lowest BCUT2D eigenvalue weighted by molar-refractivity contribution is -0.123. The standard InChI is InChI=1S/C17H21N5O3S/c1-12-11-13(2)19-17(18-12)21-20-16(23)15-9-6-10-22(15)26(24,25)14-7-4-3-5-8-14/h3-5,7-8,11,15H,6,9-10H2,1-2H3,(H,20,23)(H,18,19,21)/t15-/m0/s1. The average Bonchev–Trinajstić information content (AvgIpc) is 3.10. The van der Waals surface area contributed by atoms with Crippen molar-refractivity contribution < 1.29 is 13.2 Å². The molecule has 0 radical (unpaired) electrons. The van der Waals surface area contributed by atoms with Gasteiger partial charge >= 0.3 is 0 Å². The van der Waals surface area contributed by atoms with Crippen LogP contribution in [0.1, 0.15) is 24.2 Å². The molecule has 8 nitrogen and oxygen atoms in total. The van der Waals surface area contributed by atoms with Gasteiger partial charge in [-0.05, 0) is 44.9 Å². The van der Waals surface area contributed by atoms with Gasteiger partial charge < -0.3 is 0 Å². The van der Waals surface area contributed by atoms with E-state index in [1.54, 1.807) is 18.2 Å². The molecule has 2 N–H and O–H groups in total. The van der Waals surface area contributed by atoms with Gasteiger partial charge in [-0.1, -0.05) is 18.2 Å². The maximum Gasteiger partial charge on any atom is 0.256 e. The summed E-state index contributed by atoms with van der Waals surface area (Å²) in [7, 11) is -3.72. The van der Waals surface area contributed by atoms with Crippen LogP contribution in [0.2, 0.25) is 0 Å². The van der Waals surface area contributed by atoms with Crippen LogP contribution in [-0.2, 0) is 14.8 Å². The van der Waals surface area contributed by atoms with Gasteiger partial charge in [0.25, 0.3) is 5.91 Å². The summed E-state index contributed by atoms with van der Waals surface area (Å²) >= 11 is 0. The van der Waals surface area contributed by atoms with E-state index in [1.807, 2.05) is 19.9 Å². The van der Waals surface area contributed by atoms with Crippen LogP contribution in [-0.4, -0.2) is 41.2 Å². The van der Waals surface area contributed by atoms with E-state index in [2.05, 4.69) is 20.8 Å². The van der Waals surface area contributed by atoms with Crippen molar-refractivity contribution in [2.75, 3.05) is 12.0 Å². The number of amides is 1. The highest BCUT2D eigenvalue weighted by Crippen LogP contribution is 2.26. The van der Waals surface area contributed by atoms with E-state index in [-0.39, 0.29) is 10.8 Å². The summed E-state index contributed by atoms with van der Waals surface area (Å²) in [6.07, 6.45) is 1.09. The second kappa shape index (κ2) is 7.38. The first-order valence-electron chi connectivity index (χ1n) is 8.33. The van der Waals surface area contributed by atoms with Crippen LogP contribution in [0.25, 0.3) is 0 Å². The van der Waals surface area contributed by atoms with Crippen LogP contribution in [0.5, 0.6) is 0 Å². The number of aryl methyl sites for hydroxylation is 2. The first-order chi connectivity index (χ1) is 12.4. The lowest BCUT2D eigenvalue weighted by Crippen LogP contribution is -2.47. The molecule has 1 fully saturated rings. The minimum absolute atomic E-state index is 0.185. The third-order valence-electron chi connectivity index (χ3n) is 4.14. The molecule has 26 heavy (non-hydrogen) atoms. The molecule has 1 aromatic carbocycles. The summed E-state index contributed by atoms with van der Waals surface area (Å²) in [6, 6.07) is 9.19. The molecule has 1 aliphatic heterocycles. The summed E-state index contributed by atoms with van der Waals surface area (Å²) in [6.45, 7) is 3.97. The zero-order valence-corrected chi connectivity index (χ0v) is 15.5. The third-order valence-corrected chi connectivity index (χ3v) is 6.06. The van der Waals surface area contributed by atoms with E-state index in [4.69, 9.17) is 0 Å². The van der Waals surface area contributed by atoms with Crippen molar-refractivity contribution in [1.82, 2.24) is 19.7 Å². The SMILES string of the molecule is Cc1cc(C)nc(NNC(=O)[C@@H]2CCCN2S(=O)(=O)c2ccccc2)n1. The van der Waals surface area contributed by atoms with Crippen molar-refractivity contribution in [3.8, 4) is 0 Å². The Balaban J connectivity index is 1.72. The number of carbonyl (C=O) groups excluding carboxylic acids is 1. The van der Waals surface area contributed by atoms with E-state index < -0.39 is 22.0 Å². The molecule has 1 atom stereocenters. The highest BCUT2D eigenvalue weighted by Gasteiger charge is 2.39.